The highest BCUT2D eigenvalue weighted by molar-refractivity contribution is 5.80. The van der Waals surface area contributed by atoms with E-state index in [9.17, 15) is 0 Å². The number of aliphatic imine (C=N–C) groups is 1. The van der Waals surface area contributed by atoms with Gasteiger partial charge in [0.1, 0.15) is 0 Å². The summed E-state index contributed by atoms with van der Waals surface area (Å²) in [5.41, 5.74) is 1.17. The zero-order valence-electron chi connectivity index (χ0n) is 15.8. The number of nitrogens with zero attached hydrogens (tertiary/aromatic N) is 4. The first-order valence-corrected chi connectivity index (χ1v) is 9.50. The summed E-state index contributed by atoms with van der Waals surface area (Å²) >= 11 is 0. The third-order valence-electron chi connectivity index (χ3n) is 5.08. The summed E-state index contributed by atoms with van der Waals surface area (Å²) in [5, 5.41) is 6.96. The lowest BCUT2D eigenvalue weighted by molar-refractivity contribution is 0.189. The molecule has 0 saturated carbocycles. The van der Waals surface area contributed by atoms with Crippen molar-refractivity contribution in [2.45, 2.75) is 25.8 Å². The molecule has 1 aliphatic rings. The summed E-state index contributed by atoms with van der Waals surface area (Å²) in [6.45, 7) is 6.21. The summed E-state index contributed by atoms with van der Waals surface area (Å²) in [5.74, 6) is 1.65. The predicted octanol–water partition coefficient (Wildman–Crippen LogP) is 2.84. The minimum Gasteiger partial charge on any atom is -0.385 e. The van der Waals surface area contributed by atoms with Crippen LogP contribution >= 0.6 is 0 Å². The normalized spacial score (nSPS) is 20.8. The van der Waals surface area contributed by atoms with Crippen molar-refractivity contribution in [1.29, 1.82) is 0 Å². The maximum atomic E-state index is 4.49. The van der Waals surface area contributed by atoms with Gasteiger partial charge in [0.25, 0.3) is 0 Å². The van der Waals surface area contributed by atoms with E-state index < -0.39 is 0 Å². The summed E-state index contributed by atoms with van der Waals surface area (Å²) < 4.78 is 2.23. The molecular formula is C20H30N6. The van der Waals surface area contributed by atoms with E-state index in [0.29, 0.717) is 12.0 Å². The van der Waals surface area contributed by atoms with E-state index in [-0.39, 0.29) is 0 Å². The van der Waals surface area contributed by atoms with Crippen molar-refractivity contribution >= 4 is 11.6 Å². The number of likely N-dealkylation sites (tertiary alicyclic amines) is 1. The number of imidazole rings is 1. The molecular weight excluding hydrogens is 324 g/mol. The molecule has 2 N–H and O–H groups in total. The number of rotatable bonds is 6. The molecule has 0 radical (unpaired) electrons. The molecule has 2 unspecified atom stereocenters. The van der Waals surface area contributed by atoms with E-state index in [2.05, 4.69) is 67.5 Å². The van der Waals surface area contributed by atoms with Crippen LogP contribution in [-0.2, 0) is 0 Å². The summed E-state index contributed by atoms with van der Waals surface area (Å²) in [6.07, 6.45) is 8.06. The maximum absolute atomic E-state index is 4.49. The topological polar surface area (TPSA) is 57.5 Å². The smallest absolute Gasteiger partial charge is 0.193 e. The van der Waals surface area contributed by atoms with Crippen molar-refractivity contribution in [2.75, 3.05) is 38.5 Å². The molecule has 1 saturated heterocycles. The SMILES string of the molecule is CN=C(NCCCNc1ccccc1)N1CCC(C)C(n2ccnc2)C1. The molecule has 6 nitrogen and oxygen atoms in total. The van der Waals surface area contributed by atoms with E-state index in [1.165, 1.54) is 12.1 Å². The first-order valence-electron chi connectivity index (χ1n) is 9.50. The molecule has 0 bridgehead atoms. The zero-order valence-corrected chi connectivity index (χ0v) is 15.8. The van der Waals surface area contributed by atoms with Crippen LogP contribution in [-0.4, -0.2) is 53.6 Å². The third-order valence-corrected chi connectivity index (χ3v) is 5.08. The maximum Gasteiger partial charge on any atom is 0.193 e. The van der Waals surface area contributed by atoms with E-state index >= 15 is 0 Å². The second-order valence-corrected chi connectivity index (χ2v) is 6.91. The van der Waals surface area contributed by atoms with Crippen molar-refractivity contribution in [3.05, 3.63) is 49.1 Å². The average Bonchev–Trinajstić information content (AvgIpc) is 3.21. The first kappa shape index (κ1) is 18.3. The van der Waals surface area contributed by atoms with Crippen molar-refractivity contribution in [2.24, 2.45) is 10.9 Å². The molecule has 2 aromatic rings. The van der Waals surface area contributed by atoms with E-state index in [4.69, 9.17) is 0 Å². The lowest BCUT2D eigenvalue weighted by Crippen LogP contribution is -2.49. The van der Waals surface area contributed by atoms with Gasteiger partial charge in [-0.25, -0.2) is 4.98 Å². The van der Waals surface area contributed by atoms with Crippen LogP contribution in [0.5, 0.6) is 0 Å². The average molecular weight is 355 g/mol. The van der Waals surface area contributed by atoms with Crippen molar-refractivity contribution < 1.29 is 0 Å². The Morgan fingerprint density at radius 3 is 2.85 bits per heavy atom. The highest BCUT2D eigenvalue weighted by Gasteiger charge is 2.28. The lowest BCUT2D eigenvalue weighted by Gasteiger charge is -2.39. The Morgan fingerprint density at radius 1 is 1.27 bits per heavy atom. The Kier molecular flexibility index (Phi) is 6.52. The number of aromatic nitrogens is 2. The fraction of sp³-hybridized carbons (Fsp3) is 0.500. The quantitative estimate of drug-likeness (QED) is 0.476. The molecule has 26 heavy (non-hydrogen) atoms. The Morgan fingerprint density at radius 2 is 2.12 bits per heavy atom. The molecule has 2 atom stereocenters. The van der Waals surface area contributed by atoms with Gasteiger partial charge in [0, 0.05) is 51.3 Å². The van der Waals surface area contributed by atoms with E-state index in [0.717, 1.165) is 38.6 Å². The number of nitrogens with one attached hydrogen (secondary N) is 2. The van der Waals surface area contributed by atoms with Crippen LogP contribution in [0.3, 0.4) is 0 Å². The van der Waals surface area contributed by atoms with Crippen LogP contribution < -0.4 is 10.6 Å². The van der Waals surface area contributed by atoms with Crippen molar-refractivity contribution in [3.63, 3.8) is 0 Å². The molecule has 0 amide bonds. The minimum atomic E-state index is 0.449. The molecule has 140 valence electrons. The molecule has 0 aliphatic carbocycles. The molecule has 2 heterocycles. The van der Waals surface area contributed by atoms with Crippen LogP contribution in [0.2, 0.25) is 0 Å². The Balaban J connectivity index is 1.45. The van der Waals surface area contributed by atoms with Crippen molar-refractivity contribution in [1.82, 2.24) is 19.8 Å². The van der Waals surface area contributed by atoms with Crippen LogP contribution in [0.25, 0.3) is 0 Å². The van der Waals surface area contributed by atoms with Gasteiger partial charge < -0.3 is 20.1 Å². The number of para-hydroxylation sites is 1. The predicted molar refractivity (Wildman–Crippen MR) is 108 cm³/mol. The van der Waals surface area contributed by atoms with Gasteiger partial charge in [-0.15, -0.1) is 0 Å². The van der Waals surface area contributed by atoms with Gasteiger partial charge in [0.15, 0.2) is 5.96 Å². The van der Waals surface area contributed by atoms with Gasteiger partial charge in [-0.05, 0) is 30.9 Å². The van der Waals surface area contributed by atoms with Crippen LogP contribution in [0, 0.1) is 5.92 Å². The molecule has 1 aliphatic heterocycles. The monoisotopic (exact) mass is 354 g/mol. The number of hydrogen-bond acceptors (Lipinski definition) is 3. The Bertz CT molecular complexity index is 667. The highest BCUT2D eigenvalue weighted by Crippen LogP contribution is 2.27. The number of benzene rings is 1. The third kappa shape index (κ3) is 4.77. The van der Waals surface area contributed by atoms with Crippen LogP contribution in [0.1, 0.15) is 25.8 Å². The molecule has 1 aromatic heterocycles. The molecule has 1 aromatic carbocycles. The van der Waals surface area contributed by atoms with Gasteiger partial charge in [-0.1, -0.05) is 25.1 Å². The van der Waals surface area contributed by atoms with E-state index in [1.54, 1.807) is 0 Å². The second kappa shape index (κ2) is 9.27. The van der Waals surface area contributed by atoms with Gasteiger partial charge in [-0.2, -0.15) is 0 Å². The summed E-state index contributed by atoms with van der Waals surface area (Å²) in [6, 6.07) is 10.8. The number of piperidine rings is 1. The highest BCUT2D eigenvalue weighted by atomic mass is 15.3. The van der Waals surface area contributed by atoms with Gasteiger partial charge in [0.2, 0.25) is 0 Å². The summed E-state index contributed by atoms with van der Waals surface area (Å²) in [7, 11) is 1.87. The Hall–Kier alpha value is -2.50. The largest absolute Gasteiger partial charge is 0.385 e. The standard InChI is InChI=1S/C20H30N6/c1-17-9-13-25(15-19(17)26-14-12-22-16-26)20(21-2)24-11-6-10-23-18-7-4-3-5-8-18/h3-5,7-8,12,14,16-17,19,23H,6,9-11,13,15H2,1-2H3,(H,21,24). The van der Waals surface area contributed by atoms with Crippen molar-refractivity contribution in [3.8, 4) is 0 Å². The molecule has 0 spiro atoms. The summed E-state index contributed by atoms with van der Waals surface area (Å²) in [4.78, 5) is 11.1. The van der Waals surface area contributed by atoms with Gasteiger partial charge >= 0.3 is 0 Å². The Labute approximate surface area is 156 Å². The molecule has 1 fully saturated rings. The lowest BCUT2D eigenvalue weighted by atomic mass is 9.93. The fourth-order valence-electron chi connectivity index (χ4n) is 3.50. The number of guanidine groups is 1. The zero-order chi connectivity index (χ0) is 18.2. The van der Waals surface area contributed by atoms with Crippen LogP contribution in [0.15, 0.2) is 54.0 Å². The fourth-order valence-corrected chi connectivity index (χ4v) is 3.50. The number of anilines is 1. The number of hydrogen-bond donors (Lipinski definition) is 2. The minimum absolute atomic E-state index is 0.449. The first-order chi connectivity index (χ1) is 12.8. The molecule has 3 rings (SSSR count). The van der Waals surface area contributed by atoms with Crippen LogP contribution in [0.4, 0.5) is 5.69 Å². The molecule has 6 heteroatoms. The van der Waals surface area contributed by atoms with Gasteiger partial charge in [-0.3, -0.25) is 4.99 Å². The second-order valence-electron chi connectivity index (χ2n) is 6.91. The van der Waals surface area contributed by atoms with E-state index in [1.807, 2.05) is 25.6 Å². The van der Waals surface area contributed by atoms with Gasteiger partial charge in [0.05, 0.1) is 12.4 Å².